The molecule has 0 N–H and O–H groups in total. The second-order valence-electron chi connectivity index (χ2n) is 5.78. The number of anilines is 1. The Hall–Kier alpha value is -2.48. The standard InChI is InChI=1S/C19H18N2/c1-20(2)18-9-5-8-17-16(18)11-13-21-12-10-14-6-3-4-7-15(14)19(17)21/h3-13,19H,1-2H3. The molecule has 0 saturated carbocycles. The molecular weight excluding hydrogens is 256 g/mol. The maximum atomic E-state index is 2.30. The predicted octanol–water partition coefficient (Wildman–Crippen LogP) is 4.11. The van der Waals surface area contributed by atoms with Crippen LogP contribution in [0.3, 0.4) is 0 Å². The summed E-state index contributed by atoms with van der Waals surface area (Å²) < 4.78 is 0. The third-order valence-corrected chi connectivity index (χ3v) is 4.32. The molecule has 0 bridgehead atoms. The van der Waals surface area contributed by atoms with Crippen LogP contribution in [-0.4, -0.2) is 19.0 Å². The van der Waals surface area contributed by atoms with Crippen LogP contribution in [-0.2, 0) is 0 Å². The van der Waals surface area contributed by atoms with Crippen molar-refractivity contribution in [3.8, 4) is 0 Å². The van der Waals surface area contributed by atoms with Crippen LogP contribution in [0.2, 0.25) is 0 Å². The van der Waals surface area contributed by atoms with Gasteiger partial charge in [0.05, 0.1) is 6.04 Å². The van der Waals surface area contributed by atoms with E-state index in [9.17, 15) is 0 Å². The molecule has 2 aliphatic heterocycles. The van der Waals surface area contributed by atoms with Crippen molar-refractivity contribution in [3.63, 3.8) is 0 Å². The van der Waals surface area contributed by atoms with Gasteiger partial charge in [0.25, 0.3) is 0 Å². The Kier molecular flexibility index (Phi) is 2.64. The van der Waals surface area contributed by atoms with Crippen LogP contribution in [0.5, 0.6) is 0 Å². The lowest BCUT2D eigenvalue weighted by atomic mass is 9.86. The smallest absolute Gasteiger partial charge is 0.0845 e. The highest BCUT2D eigenvalue weighted by atomic mass is 15.1. The third kappa shape index (κ3) is 1.79. The van der Waals surface area contributed by atoms with E-state index in [1.165, 1.54) is 27.9 Å². The molecule has 2 heteroatoms. The molecule has 2 aliphatic rings. The molecule has 0 radical (unpaired) electrons. The molecule has 21 heavy (non-hydrogen) atoms. The fourth-order valence-electron chi connectivity index (χ4n) is 3.33. The lowest BCUT2D eigenvalue weighted by molar-refractivity contribution is 0.420. The van der Waals surface area contributed by atoms with Gasteiger partial charge in [-0.2, -0.15) is 0 Å². The van der Waals surface area contributed by atoms with Gasteiger partial charge in [-0.05, 0) is 34.9 Å². The Bertz CT molecular complexity index is 756. The minimum atomic E-state index is 0.283. The third-order valence-electron chi connectivity index (χ3n) is 4.32. The van der Waals surface area contributed by atoms with Gasteiger partial charge in [0.2, 0.25) is 0 Å². The van der Waals surface area contributed by atoms with Crippen molar-refractivity contribution in [3.05, 3.63) is 77.1 Å². The van der Waals surface area contributed by atoms with Crippen molar-refractivity contribution < 1.29 is 0 Å². The zero-order chi connectivity index (χ0) is 14.4. The first kappa shape index (κ1) is 12.3. The number of nitrogens with zero attached hydrogens (tertiary/aromatic N) is 2. The van der Waals surface area contributed by atoms with Crippen LogP contribution in [0.1, 0.15) is 28.3 Å². The quantitative estimate of drug-likeness (QED) is 0.772. The summed E-state index contributed by atoms with van der Waals surface area (Å²) in [5.41, 5.74) is 6.67. The van der Waals surface area contributed by atoms with Gasteiger partial charge in [0, 0.05) is 37.7 Å². The zero-order valence-electron chi connectivity index (χ0n) is 12.3. The highest BCUT2D eigenvalue weighted by Crippen LogP contribution is 2.42. The summed E-state index contributed by atoms with van der Waals surface area (Å²) in [7, 11) is 4.20. The van der Waals surface area contributed by atoms with Crippen LogP contribution in [0.25, 0.3) is 12.2 Å². The van der Waals surface area contributed by atoms with E-state index in [2.05, 4.69) is 90.9 Å². The van der Waals surface area contributed by atoms with E-state index >= 15 is 0 Å². The van der Waals surface area contributed by atoms with Gasteiger partial charge < -0.3 is 9.80 Å². The van der Waals surface area contributed by atoms with E-state index < -0.39 is 0 Å². The van der Waals surface area contributed by atoms with Crippen LogP contribution in [0.4, 0.5) is 5.69 Å². The second-order valence-corrected chi connectivity index (χ2v) is 5.78. The van der Waals surface area contributed by atoms with Gasteiger partial charge >= 0.3 is 0 Å². The Morgan fingerprint density at radius 1 is 0.857 bits per heavy atom. The SMILES string of the molecule is CN(C)c1cccc2c1C=CN1C=Cc3ccccc3C21. The van der Waals surface area contributed by atoms with Gasteiger partial charge in [-0.1, -0.05) is 36.4 Å². The fourth-order valence-corrected chi connectivity index (χ4v) is 3.33. The van der Waals surface area contributed by atoms with Crippen LogP contribution >= 0.6 is 0 Å². The molecule has 1 atom stereocenters. The Morgan fingerprint density at radius 3 is 2.48 bits per heavy atom. The van der Waals surface area contributed by atoms with Crippen molar-refractivity contribution in [2.45, 2.75) is 6.04 Å². The second kappa shape index (κ2) is 4.52. The molecule has 2 aromatic rings. The first-order chi connectivity index (χ1) is 10.3. The van der Waals surface area contributed by atoms with Crippen LogP contribution in [0, 0.1) is 0 Å². The number of hydrogen-bond acceptors (Lipinski definition) is 2. The minimum Gasteiger partial charge on any atom is -0.377 e. The van der Waals surface area contributed by atoms with Gasteiger partial charge in [0.1, 0.15) is 0 Å². The molecule has 0 aliphatic carbocycles. The van der Waals surface area contributed by atoms with Gasteiger partial charge in [-0.15, -0.1) is 0 Å². The first-order valence-corrected chi connectivity index (χ1v) is 7.29. The van der Waals surface area contributed by atoms with E-state index in [4.69, 9.17) is 0 Å². The van der Waals surface area contributed by atoms with E-state index in [1.807, 2.05) is 0 Å². The normalized spacial score (nSPS) is 18.0. The number of benzene rings is 2. The number of hydrogen-bond donors (Lipinski definition) is 0. The van der Waals surface area contributed by atoms with Crippen LogP contribution in [0.15, 0.2) is 54.9 Å². The first-order valence-electron chi connectivity index (χ1n) is 7.29. The maximum Gasteiger partial charge on any atom is 0.0845 e. The summed E-state index contributed by atoms with van der Waals surface area (Å²) in [6.45, 7) is 0. The highest BCUT2D eigenvalue weighted by molar-refractivity contribution is 5.74. The molecule has 104 valence electrons. The monoisotopic (exact) mass is 274 g/mol. The van der Waals surface area contributed by atoms with Gasteiger partial charge in [0.15, 0.2) is 0 Å². The van der Waals surface area contributed by atoms with E-state index in [0.29, 0.717) is 0 Å². The fraction of sp³-hybridized carbons (Fsp3) is 0.158. The molecule has 0 fully saturated rings. The Morgan fingerprint density at radius 2 is 1.62 bits per heavy atom. The molecule has 0 amide bonds. The zero-order valence-corrected chi connectivity index (χ0v) is 12.3. The molecule has 0 aromatic heterocycles. The number of rotatable bonds is 1. The van der Waals surface area contributed by atoms with Gasteiger partial charge in [-0.3, -0.25) is 0 Å². The van der Waals surface area contributed by atoms with Crippen molar-refractivity contribution in [2.24, 2.45) is 0 Å². The largest absolute Gasteiger partial charge is 0.377 e. The average molecular weight is 274 g/mol. The maximum absolute atomic E-state index is 2.30. The molecule has 2 nitrogen and oxygen atoms in total. The molecule has 4 rings (SSSR count). The van der Waals surface area contributed by atoms with Gasteiger partial charge in [-0.25, -0.2) is 0 Å². The Balaban J connectivity index is 1.95. The summed E-state index contributed by atoms with van der Waals surface area (Å²) >= 11 is 0. The summed E-state index contributed by atoms with van der Waals surface area (Å²) in [5.74, 6) is 0. The molecule has 1 unspecified atom stereocenters. The van der Waals surface area contributed by atoms with Crippen molar-refractivity contribution in [2.75, 3.05) is 19.0 Å². The van der Waals surface area contributed by atoms with Crippen molar-refractivity contribution in [1.29, 1.82) is 0 Å². The van der Waals surface area contributed by atoms with E-state index in [1.54, 1.807) is 0 Å². The molecule has 2 heterocycles. The summed E-state index contributed by atoms with van der Waals surface area (Å²) in [6, 6.07) is 15.5. The summed E-state index contributed by atoms with van der Waals surface area (Å²) in [5, 5.41) is 0. The van der Waals surface area contributed by atoms with E-state index in [-0.39, 0.29) is 6.04 Å². The minimum absolute atomic E-state index is 0.283. The molecule has 2 aromatic carbocycles. The highest BCUT2D eigenvalue weighted by Gasteiger charge is 2.28. The topological polar surface area (TPSA) is 6.48 Å². The lowest BCUT2D eigenvalue weighted by Gasteiger charge is -2.37. The average Bonchev–Trinajstić information content (AvgIpc) is 2.53. The van der Waals surface area contributed by atoms with Crippen molar-refractivity contribution in [1.82, 2.24) is 4.90 Å². The molecule has 0 spiro atoms. The summed E-state index contributed by atoms with van der Waals surface area (Å²) in [6.07, 6.45) is 8.78. The van der Waals surface area contributed by atoms with E-state index in [0.717, 1.165) is 0 Å². The summed E-state index contributed by atoms with van der Waals surface area (Å²) in [4.78, 5) is 4.48. The van der Waals surface area contributed by atoms with Crippen molar-refractivity contribution >= 4 is 17.8 Å². The number of fused-ring (bicyclic) bond motifs is 5. The van der Waals surface area contributed by atoms with Crippen LogP contribution < -0.4 is 4.90 Å². The predicted molar refractivity (Wildman–Crippen MR) is 89.0 cm³/mol. The molecular formula is C19H18N2. The lowest BCUT2D eigenvalue weighted by Crippen LogP contribution is -2.26. The Labute approximate surface area is 125 Å². The molecule has 0 saturated heterocycles.